The highest BCUT2D eigenvalue weighted by atomic mass is 19.4. The maximum atomic E-state index is 14.9. The van der Waals surface area contributed by atoms with E-state index < -0.39 is 52.0 Å². The van der Waals surface area contributed by atoms with E-state index in [-0.39, 0.29) is 50.8 Å². The standard InChI is InChI=1S/C31H30F6O8/c1-3-42-15-17-44-13-5-7-21-9-11-25(23(19-21)27(38)39)29(30(32,33)34,31(35,36)37)26-12-10-22(20-24(26)28(40)41)8-6-14-45-18-16-43-4-2/h9-12,19-20H,3-4,13-18H2,1-2H3,(H,38,39)(H,40,41). The number of carboxylic acid groups (broad SMARTS) is 2. The Morgan fingerprint density at radius 1 is 0.644 bits per heavy atom. The fourth-order valence-corrected chi connectivity index (χ4v) is 4.22. The minimum atomic E-state index is -6.26. The third-order valence-electron chi connectivity index (χ3n) is 6.12. The molecule has 0 aliphatic rings. The van der Waals surface area contributed by atoms with Crippen molar-refractivity contribution in [2.24, 2.45) is 0 Å². The Morgan fingerprint density at radius 2 is 1.00 bits per heavy atom. The van der Waals surface area contributed by atoms with E-state index in [0.29, 0.717) is 37.5 Å². The molecule has 0 spiro atoms. The summed E-state index contributed by atoms with van der Waals surface area (Å²) in [6.45, 7) is 4.96. The van der Waals surface area contributed by atoms with Gasteiger partial charge in [0.1, 0.15) is 13.2 Å². The van der Waals surface area contributed by atoms with Crippen molar-refractivity contribution >= 4 is 11.9 Å². The minimum absolute atomic E-state index is 0.167. The molecule has 0 aromatic heterocycles. The van der Waals surface area contributed by atoms with Gasteiger partial charge in [-0.1, -0.05) is 35.8 Å². The quantitative estimate of drug-likeness (QED) is 0.162. The summed E-state index contributed by atoms with van der Waals surface area (Å²) in [6.07, 6.45) is -12.5. The zero-order chi connectivity index (χ0) is 33.7. The van der Waals surface area contributed by atoms with Crippen molar-refractivity contribution in [1.82, 2.24) is 0 Å². The first kappa shape index (κ1) is 37.1. The van der Waals surface area contributed by atoms with Crippen LogP contribution in [0.2, 0.25) is 0 Å². The van der Waals surface area contributed by atoms with Gasteiger partial charge in [0, 0.05) is 24.3 Å². The molecule has 0 saturated heterocycles. The molecule has 0 radical (unpaired) electrons. The number of halogens is 6. The number of benzene rings is 2. The van der Waals surface area contributed by atoms with Gasteiger partial charge in [-0.25, -0.2) is 9.59 Å². The van der Waals surface area contributed by atoms with Crippen LogP contribution in [0.5, 0.6) is 0 Å². The number of aromatic carboxylic acids is 2. The van der Waals surface area contributed by atoms with E-state index >= 15 is 0 Å². The van der Waals surface area contributed by atoms with Crippen LogP contribution in [-0.2, 0) is 24.4 Å². The van der Waals surface area contributed by atoms with Gasteiger partial charge in [-0.3, -0.25) is 0 Å². The molecule has 2 aromatic rings. The van der Waals surface area contributed by atoms with Crippen molar-refractivity contribution < 1.29 is 65.1 Å². The molecular formula is C31H30F6O8. The molecule has 2 aromatic carbocycles. The zero-order valence-corrected chi connectivity index (χ0v) is 24.2. The van der Waals surface area contributed by atoms with Gasteiger partial charge in [0.15, 0.2) is 0 Å². The van der Waals surface area contributed by atoms with Crippen LogP contribution in [0, 0.1) is 23.7 Å². The molecule has 45 heavy (non-hydrogen) atoms. The first-order valence-corrected chi connectivity index (χ1v) is 13.4. The SMILES string of the molecule is CCOCCOCC#Cc1ccc(C(c2ccc(C#CCOCCOCC)cc2C(=O)O)(C(F)(F)F)C(F)(F)F)c(C(=O)O)c1. The van der Waals surface area contributed by atoms with Crippen LogP contribution in [0.4, 0.5) is 26.3 Å². The Bertz CT molecular complexity index is 1330. The maximum Gasteiger partial charge on any atom is 0.411 e. The predicted molar refractivity (Wildman–Crippen MR) is 148 cm³/mol. The van der Waals surface area contributed by atoms with E-state index in [4.69, 9.17) is 18.9 Å². The van der Waals surface area contributed by atoms with Crippen LogP contribution >= 0.6 is 0 Å². The van der Waals surface area contributed by atoms with Crippen LogP contribution in [0.25, 0.3) is 0 Å². The van der Waals surface area contributed by atoms with Crippen LogP contribution in [0.1, 0.15) is 56.8 Å². The lowest BCUT2D eigenvalue weighted by Gasteiger charge is -2.39. The summed E-state index contributed by atoms with van der Waals surface area (Å²) in [7, 11) is 0. The Morgan fingerprint density at radius 3 is 1.31 bits per heavy atom. The van der Waals surface area contributed by atoms with Crippen molar-refractivity contribution in [1.29, 1.82) is 0 Å². The number of alkyl halides is 6. The third kappa shape index (κ3) is 9.45. The average molecular weight is 645 g/mol. The van der Waals surface area contributed by atoms with E-state index in [9.17, 15) is 46.1 Å². The van der Waals surface area contributed by atoms with Crippen LogP contribution < -0.4 is 0 Å². The number of hydrogen-bond acceptors (Lipinski definition) is 6. The Labute approximate surface area is 255 Å². The summed E-state index contributed by atoms with van der Waals surface area (Å²) >= 11 is 0. The van der Waals surface area contributed by atoms with Gasteiger partial charge in [0.2, 0.25) is 5.41 Å². The van der Waals surface area contributed by atoms with Crippen LogP contribution in [0.3, 0.4) is 0 Å². The molecule has 0 saturated carbocycles. The second kappa shape index (κ2) is 16.8. The van der Waals surface area contributed by atoms with Gasteiger partial charge >= 0.3 is 24.3 Å². The molecule has 0 heterocycles. The molecule has 0 amide bonds. The first-order chi connectivity index (χ1) is 21.2. The average Bonchev–Trinajstić information content (AvgIpc) is 2.96. The third-order valence-corrected chi connectivity index (χ3v) is 6.12. The number of hydrogen-bond donors (Lipinski definition) is 2. The molecule has 0 unspecified atom stereocenters. The number of rotatable bonds is 14. The molecule has 8 nitrogen and oxygen atoms in total. The summed E-state index contributed by atoms with van der Waals surface area (Å²) < 4.78 is 110. The van der Waals surface area contributed by atoms with Crippen molar-refractivity contribution in [2.75, 3.05) is 52.9 Å². The number of carbonyl (C=O) groups is 2. The van der Waals surface area contributed by atoms with E-state index in [1.807, 2.05) is 0 Å². The minimum Gasteiger partial charge on any atom is -0.478 e. The van der Waals surface area contributed by atoms with E-state index in [1.54, 1.807) is 13.8 Å². The fourth-order valence-electron chi connectivity index (χ4n) is 4.22. The lowest BCUT2D eigenvalue weighted by Crippen LogP contribution is -2.56. The summed E-state index contributed by atoms with van der Waals surface area (Å²) in [6, 6.07) is 3.36. The van der Waals surface area contributed by atoms with E-state index in [1.165, 1.54) is 0 Å². The van der Waals surface area contributed by atoms with Crippen molar-refractivity contribution in [3.63, 3.8) is 0 Å². The van der Waals surface area contributed by atoms with Crippen molar-refractivity contribution in [3.8, 4) is 23.7 Å². The highest BCUT2D eigenvalue weighted by Gasteiger charge is 2.74. The second-order valence-electron chi connectivity index (χ2n) is 8.98. The molecule has 14 heteroatoms. The molecule has 0 aliphatic heterocycles. The van der Waals surface area contributed by atoms with Gasteiger partial charge < -0.3 is 29.2 Å². The van der Waals surface area contributed by atoms with Gasteiger partial charge in [-0.2, -0.15) is 26.3 Å². The van der Waals surface area contributed by atoms with E-state index in [2.05, 4.69) is 23.7 Å². The largest absolute Gasteiger partial charge is 0.478 e. The molecule has 2 rings (SSSR count). The molecule has 0 atom stereocenters. The fraction of sp³-hybridized carbons (Fsp3) is 0.419. The van der Waals surface area contributed by atoms with Crippen molar-refractivity contribution in [2.45, 2.75) is 31.6 Å². The Kier molecular flexibility index (Phi) is 13.9. The first-order valence-electron chi connectivity index (χ1n) is 13.4. The lowest BCUT2D eigenvalue weighted by atomic mass is 9.69. The van der Waals surface area contributed by atoms with E-state index in [0.717, 1.165) is 12.1 Å². The topological polar surface area (TPSA) is 112 Å². The molecule has 0 fully saturated rings. The van der Waals surface area contributed by atoms with Crippen molar-refractivity contribution in [3.05, 3.63) is 69.8 Å². The predicted octanol–water partition coefficient (Wildman–Crippen LogP) is 5.30. The van der Waals surface area contributed by atoms with Crippen LogP contribution in [-0.4, -0.2) is 87.4 Å². The molecular weight excluding hydrogens is 614 g/mol. The van der Waals surface area contributed by atoms with Crippen LogP contribution in [0.15, 0.2) is 36.4 Å². The Hall–Kier alpha value is -4.08. The number of ether oxygens (including phenoxy) is 4. The summed E-state index contributed by atoms with van der Waals surface area (Å²) in [5.41, 5.74) is -11.7. The highest BCUT2D eigenvalue weighted by molar-refractivity contribution is 5.93. The molecule has 244 valence electrons. The summed E-state index contributed by atoms with van der Waals surface area (Å²) in [4.78, 5) is 24.2. The van der Waals surface area contributed by atoms with Gasteiger partial charge in [-0.15, -0.1) is 0 Å². The molecule has 0 aliphatic carbocycles. The monoisotopic (exact) mass is 644 g/mol. The molecule has 2 N–H and O–H groups in total. The highest BCUT2D eigenvalue weighted by Crippen LogP contribution is 2.57. The summed E-state index contributed by atoms with van der Waals surface area (Å²) in [5, 5.41) is 19.5. The van der Waals surface area contributed by atoms with Gasteiger partial charge in [0.25, 0.3) is 0 Å². The smallest absolute Gasteiger partial charge is 0.411 e. The normalized spacial score (nSPS) is 11.7. The van der Waals surface area contributed by atoms with Gasteiger partial charge in [-0.05, 0) is 49.2 Å². The summed E-state index contributed by atoms with van der Waals surface area (Å²) in [5.74, 6) is 5.60. The second-order valence-corrected chi connectivity index (χ2v) is 8.98. The maximum absolute atomic E-state index is 14.9. The molecule has 0 bridgehead atoms. The number of carboxylic acids is 2. The zero-order valence-electron chi connectivity index (χ0n) is 24.2. The lowest BCUT2D eigenvalue weighted by molar-refractivity contribution is -0.288. The van der Waals surface area contributed by atoms with Gasteiger partial charge in [0.05, 0.1) is 37.6 Å². The Balaban J connectivity index is 2.69.